The Morgan fingerprint density at radius 3 is 2.67 bits per heavy atom. The maximum Gasteiger partial charge on any atom is 0.204 e. The molecule has 0 unspecified atom stereocenters. The van der Waals surface area contributed by atoms with E-state index in [0.717, 1.165) is 27.1 Å². The Labute approximate surface area is 125 Å². The third-order valence-corrected chi connectivity index (χ3v) is 4.53. The number of ketones is 1. The SMILES string of the molecule is Cc1ccc(C(=O)c2cn3c(nc4ccccc43)s2)cc1. The van der Waals surface area contributed by atoms with Gasteiger partial charge in [0.25, 0.3) is 0 Å². The molecule has 4 heteroatoms. The summed E-state index contributed by atoms with van der Waals surface area (Å²) in [4.78, 5) is 18.7. The van der Waals surface area contributed by atoms with Crippen LogP contribution in [0, 0.1) is 6.92 Å². The Morgan fingerprint density at radius 1 is 1.10 bits per heavy atom. The molecule has 0 aliphatic carbocycles. The molecule has 0 aliphatic heterocycles. The third-order valence-electron chi connectivity index (χ3n) is 3.55. The van der Waals surface area contributed by atoms with Crippen molar-refractivity contribution < 1.29 is 4.79 Å². The second-order valence-electron chi connectivity index (χ2n) is 5.04. The quantitative estimate of drug-likeness (QED) is 0.522. The number of benzene rings is 2. The van der Waals surface area contributed by atoms with Crippen LogP contribution in [0.25, 0.3) is 16.0 Å². The molecule has 0 saturated heterocycles. The first kappa shape index (κ1) is 12.3. The van der Waals surface area contributed by atoms with E-state index in [-0.39, 0.29) is 5.78 Å². The maximum absolute atomic E-state index is 12.5. The van der Waals surface area contributed by atoms with Crippen molar-refractivity contribution >= 4 is 33.1 Å². The summed E-state index contributed by atoms with van der Waals surface area (Å²) >= 11 is 1.43. The second-order valence-corrected chi connectivity index (χ2v) is 6.05. The molecule has 0 fully saturated rings. The van der Waals surface area contributed by atoms with Crippen molar-refractivity contribution in [3.63, 3.8) is 0 Å². The van der Waals surface area contributed by atoms with Gasteiger partial charge in [0.2, 0.25) is 5.78 Å². The summed E-state index contributed by atoms with van der Waals surface area (Å²) in [6.45, 7) is 2.01. The van der Waals surface area contributed by atoms with Crippen molar-refractivity contribution in [2.75, 3.05) is 0 Å². The van der Waals surface area contributed by atoms with Crippen LogP contribution in [0.15, 0.2) is 54.7 Å². The Bertz CT molecular complexity index is 963. The zero-order valence-corrected chi connectivity index (χ0v) is 12.2. The molecule has 0 aliphatic rings. The summed E-state index contributed by atoms with van der Waals surface area (Å²) in [5.41, 5.74) is 3.86. The molecule has 0 N–H and O–H groups in total. The zero-order chi connectivity index (χ0) is 14.4. The first-order valence-corrected chi connectivity index (χ1v) is 7.52. The van der Waals surface area contributed by atoms with E-state index in [4.69, 9.17) is 0 Å². The topological polar surface area (TPSA) is 34.4 Å². The number of carbonyl (C=O) groups is 1. The van der Waals surface area contributed by atoms with Gasteiger partial charge in [-0.3, -0.25) is 9.20 Å². The number of fused-ring (bicyclic) bond motifs is 3. The number of carbonyl (C=O) groups excluding carboxylic acids is 1. The number of para-hydroxylation sites is 2. The van der Waals surface area contributed by atoms with Gasteiger partial charge in [-0.2, -0.15) is 0 Å². The summed E-state index contributed by atoms with van der Waals surface area (Å²) in [5.74, 6) is 0.0505. The van der Waals surface area contributed by atoms with Crippen molar-refractivity contribution in [2.45, 2.75) is 6.92 Å². The highest BCUT2D eigenvalue weighted by atomic mass is 32.1. The molecule has 2 heterocycles. The van der Waals surface area contributed by atoms with E-state index >= 15 is 0 Å². The van der Waals surface area contributed by atoms with Crippen molar-refractivity contribution in [1.29, 1.82) is 0 Å². The van der Waals surface area contributed by atoms with E-state index < -0.39 is 0 Å². The first-order chi connectivity index (χ1) is 10.2. The van der Waals surface area contributed by atoms with Crippen molar-refractivity contribution in [3.8, 4) is 0 Å². The van der Waals surface area contributed by atoms with Crippen molar-refractivity contribution in [2.24, 2.45) is 0 Å². The van der Waals surface area contributed by atoms with Crippen LogP contribution in [-0.4, -0.2) is 15.2 Å². The van der Waals surface area contributed by atoms with Crippen molar-refractivity contribution in [1.82, 2.24) is 9.38 Å². The molecule has 0 radical (unpaired) electrons. The Balaban J connectivity index is 1.83. The van der Waals surface area contributed by atoms with Crippen LogP contribution >= 0.6 is 11.3 Å². The molecular weight excluding hydrogens is 280 g/mol. The number of aromatic nitrogens is 2. The lowest BCUT2D eigenvalue weighted by Gasteiger charge is -1.98. The van der Waals surface area contributed by atoms with Crippen LogP contribution in [0.1, 0.15) is 20.8 Å². The van der Waals surface area contributed by atoms with Crippen LogP contribution in [0.5, 0.6) is 0 Å². The summed E-state index contributed by atoms with van der Waals surface area (Å²) in [6.07, 6.45) is 1.89. The second kappa shape index (κ2) is 4.53. The normalized spacial score (nSPS) is 11.3. The Morgan fingerprint density at radius 2 is 1.86 bits per heavy atom. The number of imidazole rings is 1. The number of aryl methyl sites for hydroxylation is 1. The van der Waals surface area contributed by atoms with Gasteiger partial charge in [0.15, 0.2) is 4.96 Å². The molecule has 3 nitrogen and oxygen atoms in total. The minimum Gasteiger partial charge on any atom is -0.289 e. The predicted molar refractivity (Wildman–Crippen MR) is 85.2 cm³/mol. The number of thiazole rings is 1. The molecule has 2 aromatic heterocycles. The highest BCUT2D eigenvalue weighted by molar-refractivity contribution is 7.19. The minimum atomic E-state index is 0.0505. The van der Waals surface area contributed by atoms with E-state index in [9.17, 15) is 4.79 Å². The largest absolute Gasteiger partial charge is 0.289 e. The molecule has 4 rings (SSSR count). The molecule has 0 amide bonds. The molecule has 0 spiro atoms. The lowest BCUT2D eigenvalue weighted by atomic mass is 10.1. The monoisotopic (exact) mass is 292 g/mol. The van der Waals surface area contributed by atoms with E-state index in [1.807, 2.05) is 66.1 Å². The van der Waals surface area contributed by atoms with Crippen LogP contribution in [0.3, 0.4) is 0 Å². The molecule has 4 aromatic rings. The van der Waals surface area contributed by atoms with Crippen LogP contribution in [0.2, 0.25) is 0 Å². The van der Waals surface area contributed by atoms with Gasteiger partial charge >= 0.3 is 0 Å². The molecule has 0 bridgehead atoms. The van der Waals surface area contributed by atoms with Gasteiger partial charge in [0, 0.05) is 11.8 Å². The number of hydrogen-bond acceptors (Lipinski definition) is 3. The highest BCUT2D eigenvalue weighted by Crippen LogP contribution is 2.25. The maximum atomic E-state index is 12.5. The zero-order valence-electron chi connectivity index (χ0n) is 11.4. The molecule has 0 atom stereocenters. The lowest BCUT2D eigenvalue weighted by Crippen LogP contribution is -1.98. The van der Waals surface area contributed by atoms with Gasteiger partial charge in [0.1, 0.15) is 0 Å². The Kier molecular flexibility index (Phi) is 2.65. The Hall–Kier alpha value is -2.46. The van der Waals surface area contributed by atoms with Gasteiger partial charge in [-0.25, -0.2) is 4.98 Å². The average molecular weight is 292 g/mol. The van der Waals surface area contributed by atoms with E-state index in [1.165, 1.54) is 11.3 Å². The highest BCUT2D eigenvalue weighted by Gasteiger charge is 2.15. The fraction of sp³-hybridized carbons (Fsp3) is 0.0588. The van der Waals surface area contributed by atoms with Gasteiger partial charge in [-0.05, 0) is 19.1 Å². The standard InChI is InChI=1S/C17H12N2OS/c1-11-6-8-12(9-7-11)16(20)15-10-19-14-5-3-2-4-13(14)18-17(19)21-15/h2-10H,1H3. The van der Waals surface area contributed by atoms with E-state index in [2.05, 4.69) is 4.98 Å². The molecule has 2 aromatic carbocycles. The van der Waals surface area contributed by atoms with E-state index in [1.54, 1.807) is 0 Å². The predicted octanol–water partition coefficient (Wildman–Crippen LogP) is 4.09. The fourth-order valence-electron chi connectivity index (χ4n) is 2.41. The molecular formula is C17H12N2OS. The van der Waals surface area contributed by atoms with Crippen LogP contribution in [0.4, 0.5) is 0 Å². The summed E-state index contributed by atoms with van der Waals surface area (Å²) in [6, 6.07) is 15.6. The smallest absolute Gasteiger partial charge is 0.204 e. The average Bonchev–Trinajstić information content (AvgIpc) is 3.05. The fourth-order valence-corrected chi connectivity index (χ4v) is 3.37. The summed E-state index contributed by atoms with van der Waals surface area (Å²) in [5, 5.41) is 0. The number of nitrogens with zero attached hydrogens (tertiary/aromatic N) is 2. The van der Waals surface area contributed by atoms with Crippen LogP contribution in [-0.2, 0) is 0 Å². The molecule has 102 valence electrons. The third kappa shape index (κ3) is 1.96. The number of hydrogen-bond donors (Lipinski definition) is 0. The number of rotatable bonds is 2. The molecule has 0 saturated carbocycles. The van der Waals surface area contributed by atoms with Crippen LogP contribution < -0.4 is 0 Å². The summed E-state index contributed by atoms with van der Waals surface area (Å²) < 4.78 is 1.99. The minimum absolute atomic E-state index is 0.0505. The van der Waals surface area contributed by atoms with Crippen molar-refractivity contribution in [3.05, 3.63) is 70.7 Å². The van der Waals surface area contributed by atoms with Gasteiger partial charge in [0.05, 0.1) is 15.9 Å². The lowest BCUT2D eigenvalue weighted by molar-refractivity contribution is 0.104. The first-order valence-electron chi connectivity index (χ1n) is 6.70. The molecule has 21 heavy (non-hydrogen) atoms. The van der Waals surface area contributed by atoms with Gasteiger partial charge in [-0.15, -0.1) is 0 Å². The van der Waals surface area contributed by atoms with Gasteiger partial charge in [-0.1, -0.05) is 53.3 Å². The van der Waals surface area contributed by atoms with Gasteiger partial charge < -0.3 is 0 Å². The van der Waals surface area contributed by atoms with E-state index in [0.29, 0.717) is 4.88 Å². The summed E-state index contributed by atoms with van der Waals surface area (Å²) in [7, 11) is 0.